The molecule has 0 aliphatic carbocycles. The van der Waals surface area contributed by atoms with Crippen molar-refractivity contribution in [1.82, 2.24) is 9.55 Å². The quantitative estimate of drug-likeness (QED) is 0.391. The zero-order chi connectivity index (χ0) is 19.8. The van der Waals surface area contributed by atoms with Crippen molar-refractivity contribution in [2.45, 2.75) is 24.0 Å². The molecular formula is C15H19N2O9P. The van der Waals surface area contributed by atoms with Gasteiger partial charge in [-0.25, -0.2) is 4.79 Å². The van der Waals surface area contributed by atoms with Crippen molar-refractivity contribution in [2.75, 3.05) is 33.6 Å². The van der Waals surface area contributed by atoms with Crippen LogP contribution in [0.1, 0.15) is 11.8 Å². The van der Waals surface area contributed by atoms with Gasteiger partial charge in [0.05, 0.1) is 13.2 Å². The second-order valence-corrected chi connectivity index (χ2v) is 8.10. The lowest BCUT2D eigenvalue weighted by Gasteiger charge is -2.31. The van der Waals surface area contributed by atoms with Gasteiger partial charge in [0.15, 0.2) is 6.23 Å². The number of aromatic nitrogens is 2. The van der Waals surface area contributed by atoms with E-state index < -0.39 is 49.5 Å². The van der Waals surface area contributed by atoms with Crippen LogP contribution in [0.2, 0.25) is 0 Å². The molecule has 2 unspecified atom stereocenters. The summed E-state index contributed by atoms with van der Waals surface area (Å²) in [5.74, 6) is 4.77. The van der Waals surface area contributed by atoms with E-state index in [0.717, 1.165) is 11.2 Å². The van der Waals surface area contributed by atoms with Crippen LogP contribution in [0.3, 0.4) is 0 Å². The highest BCUT2D eigenvalue weighted by Gasteiger charge is 2.64. The molecule has 148 valence electrons. The van der Waals surface area contributed by atoms with Crippen molar-refractivity contribution in [3.8, 4) is 11.8 Å². The molecule has 27 heavy (non-hydrogen) atoms. The Hall–Kier alpha value is -1.77. The molecule has 2 bridgehead atoms. The number of aromatic amines is 1. The Morgan fingerprint density at radius 3 is 2.89 bits per heavy atom. The summed E-state index contributed by atoms with van der Waals surface area (Å²) in [6, 6.07) is 0. The number of hydrogen-bond donors (Lipinski definition) is 3. The van der Waals surface area contributed by atoms with E-state index in [4.69, 9.17) is 23.8 Å². The van der Waals surface area contributed by atoms with Gasteiger partial charge in [-0.1, -0.05) is 11.8 Å². The maximum absolute atomic E-state index is 12.3. The molecule has 0 radical (unpaired) electrons. The molecule has 1 aromatic rings. The number of hydrogen-bond acceptors (Lipinski definition) is 8. The molecule has 11 nitrogen and oxygen atoms in total. The Balaban J connectivity index is 2.03. The summed E-state index contributed by atoms with van der Waals surface area (Å²) in [4.78, 5) is 35.9. The van der Waals surface area contributed by atoms with Crippen molar-refractivity contribution in [3.05, 3.63) is 32.6 Å². The van der Waals surface area contributed by atoms with Crippen LogP contribution in [0.15, 0.2) is 15.8 Å². The lowest BCUT2D eigenvalue weighted by atomic mass is 10.0. The Morgan fingerprint density at radius 1 is 1.52 bits per heavy atom. The zero-order valence-electron chi connectivity index (χ0n) is 14.6. The van der Waals surface area contributed by atoms with Crippen LogP contribution in [0.5, 0.6) is 0 Å². The normalized spacial score (nSPS) is 31.3. The van der Waals surface area contributed by atoms with Gasteiger partial charge in [0, 0.05) is 20.0 Å². The van der Waals surface area contributed by atoms with E-state index in [-0.39, 0.29) is 18.8 Å². The fourth-order valence-corrected chi connectivity index (χ4v) is 3.96. The molecule has 0 aromatic carbocycles. The number of nitrogens with zero attached hydrogens (tertiary/aromatic N) is 1. The number of rotatable bonds is 5. The average molecular weight is 402 g/mol. The van der Waals surface area contributed by atoms with Crippen molar-refractivity contribution in [2.24, 2.45) is 0 Å². The highest BCUT2D eigenvalue weighted by Crippen LogP contribution is 2.52. The number of ether oxygens (including phenoxy) is 3. The second-order valence-electron chi connectivity index (χ2n) is 6.28. The first-order chi connectivity index (χ1) is 12.7. The van der Waals surface area contributed by atoms with E-state index in [9.17, 15) is 19.0 Å². The highest BCUT2D eigenvalue weighted by molar-refractivity contribution is 7.51. The molecular weight excluding hydrogens is 383 g/mol. The van der Waals surface area contributed by atoms with Gasteiger partial charge < -0.3 is 24.2 Å². The Bertz CT molecular complexity index is 939. The van der Waals surface area contributed by atoms with E-state index >= 15 is 0 Å². The number of aliphatic hydroxyl groups excluding tert-OH is 1. The minimum atomic E-state index is -3.89. The van der Waals surface area contributed by atoms with Crippen LogP contribution in [0, 0.1) is 11.8 Å². The standard InChI is InChI=1S/C15H19N2O9P/c1-23-7-15-8-24-10(11(15)26-27(2,21)22)13(25-15)17-6-9(4-3-5-18)12(19)16-14(17)20/h6,10-11,13,18H,5,7-8H2,1-2H3,(H,21,22)(H,16,19,20)/t10-,11?,13-,15-/m1/s1. The predicted octanol–water partition coefficient (Wildman–Crippen LogP) is -1.61. The first kappa shape index (κ1) is 20.0. The number of fused-ring (bicyclic) bond motifs is 2. The van der Waals surface area contributed by atoms with E-state index in [1.165, 1.54) is 13.3 Å². The summed E-state index contributed by atoms with van der Waals surface area (Å²) in [5.41, 5.74) is -2.73. The third kappa shape index (κ3) is 3.79. The van der Waals surface area contributed by atoms with Crippen LogP contribution in [-0.4, -0.2) is 71.0 Å². The van der Waals surface area contributed by atoms with Gasteiger partial charge in [-0.05, 0) is 0 Å². The summed E-state index contributed by atoms with van der Waals surface area (Å²) in [5, 5.41) is 8.80. The Morgan fingerprint density at radius 2 is 2.26 bits per heavy atom. The third-order valence-electron chi connectivity index (χ3n) is 4.22. The van der Waals surface area contributed by atoms with Crippen molar-refractivity contribution in [3.63, 3.8) is 0 Å². The molecule has 2 aliphatic heterocycles. The molecule has 3 heterocycles. The zero-order valence-corrected chi connectivity index (χ0v) is 15.5. The summed E-state index contributed by atoms with van der Waals surface area (Å²) in [7, 11) is -2.46. The maximum atomic E-state index is 12.3. The van der Waals surface area contributed by atoms with Crippen LogP contribution in [0.25, 0.3) is 0 Å². The molecule has 0 saturated carbocycles. The lowest BCUT2D eigenvalue weighted by molar-refractivity contribution is -0.190. The van der Waals surface area contributed by atoms with Gasteiger partial charge in [-0.15, -0.1) is 0 Å². The first-order valence-corrected chi connectivity index (χ1v) is 9.95. The van der Waals surface area contributed by atoms with Gasteiger partial charge in [-0.2, -0.15) is 0 Å². The minimum Gasteiger partial charge on any atom is -0.384 e. The van der Waals surface area contributed by atoms with Gasteiger partial charge in [0.2, 0.25) is 0 Å². The lowest BCUT2D eigenvalue weighted by Crippen LogP contribution is -2.46. The summed E-state index contributed by atoms with van der Waals surface area (Å²) in [6.07, 6.45) is -1.71. The molecule has 1 aromatic heterocycles. The van der Waals surface area contributed by atoms with E-state index in [1.807, 2.05) is 0 Å². The topological polar surface area (TPSA) is 149 Å². The van der Waals surface area contributed by atoms with Gasteiger partial charge in [0.25, 0.3) is 5.56 Å². The van der Waals surface area contributed by atoms with E-state index in [2.05, 4.69) is 16.8 Å². The monoisotopic (exact) mass is 402 g/mol. The number of H-pyrrole nitrogens is 1. The maximum Gasteiger partial charge on any atom is 0.330 e. The second kappa shape index (κ2) is 7.33. The van der Waals surface area contributed by atoms with Crippen LogP contribution >= 0.6 is 7.60 Å². The third-order valence-corrected chi connectivity index (χ3v) is 4.83. The Labute approximate surface area is 153 Å². The molecule has 3 rings (SSSR count). The predicted molar refractivity (Wildman–Crippen MR) is 90.4 cm³/mol. The molecule has 2 saturated heterocycles. The summed E-state index contributed by atoms with van der Waals surface area (Å²) in [6.45, 7) is 0.621. The SMILES string of the molecule is COC[C@@]12CO[C@H](C1OP(C)(=O)O)[C@H](n1cc(C#CCO)c(=O)[nH]c1=O)O2. The van der Waals surface area contributed by atoms with Crippen LogP contribution < -0.4 is 11.2 Å². The fraction of sp³-hybridized carbons (Fsp3) is 0.600. The summed E-state index contributed by atoms with van der Waals surface area (Å²) < 4.78 is 34.9. The molecule has 0 amide bonds. The Kier molecular flexibility index (Phi) is 5.42. The first-order valence-electron chi connectivity index (χ1n) is 7.93. The minimum absolute atomic E-state index is 0.0000539. The number of aliphatic hydroxyl groups is 1. The van der Waals surface area contributed by atoms with Crippen molar-refractivity contribution < 1.29 is 33.3 Å². The number of nitrogens with one attached hydrogen (secondary N) is 1. The highest BCUT2D eigenvalue weighted by atomic mass is 31.2. The van der Waals surface area contributed by atoms with Crippen molar-refractivity contribution in [1.29, 1.82) is 0 Å². The summed E-state index contributed by atoms with van der Waals surface area (Å²) >= 11 is 0. The molecule has 12 heteroatoms. The van der Waals surface area contributed by atoms with Crippen molar-refractivity contribution >= 4 is 7.60 Å². The average Bonchev–Trinajstić information content (AvgIpc) is 3.04. The number of methoxy groups -OCH3 is 1. The van der Waals surface area contributed by atoms with Gasteiger partial charge in [-0.3, -0.25) is 23.4 Å². The molecule has 0 spiro atoms. The largest absolute Gasteiger partial charge is 0.384 e. The van der Waals surface area contributed by atoms with E-state index in [1.54, 1.807) is 0 Å². The van der Waals surface area contributed by atoms with Crippen LogP contribution in [-0.2, 0) is 23.3 Å². The molecule has 3 N–H and O–H groups in total. The van der Waals surface area contributed by atoms with E-state index in [0.29, 0.717) is 0 Å². The molecule has 2 aliphatic rings. The van der Waals surface area contributed by atoms with Crippen LogP contribution in [0.4, 0.5) is 0 Å². The molecule has 2 fully saturated rings. The van der Waals surface area contributed by atoms with Gasteiger partial charge in [0.1, 0.15) is 30.0 Å². The fourth-order valence-electron chi connectivity index (χ4n) is 3.23. The molecule has 5 atom stereocenters. The van der Waals surface area contributed by atoms with Gasteiger partial charge >= 0.3 is 13.3 Å². The smallest absolute Gasteiger partial charge is 0.330 e.